The first-order valence-corrected chi connectivity index (χ1v) is 7.14. The van der Waals surface area contributed by atoms with Gasteiger partial charge in [0.2, 0.25) is 0 Å². The van der Waals surface area contributed by atoms with Crippen molar-refractivity contribution in [2.45, 2.75) is 58.3 Å². The van der Waals surface area contributed by atoms with E-state index in [9.17, 15) is 0 Å². The van der Waals surface area contributed by atoms with Crippen LogP contribution in [0.3, 0.4) is 0 Å². The van der Waals surface area contributed by atoms with Gasteiger partial charge in [0.1, 0.15) is 5.72 Å². The van der Waals surface area contributed by atoms with Gasteiger partial charge in [0.15, 0.2) is 0 Å². The zero-order chi connectivity index (χ0) is 14.8. The van der Waals surface area contributed by atoms with Crippen molar-refractivity contribution in [1.29, 1.82) is 0 Å². The molecule has 116 valence electrons. The van der Waals surface area contributed by atoms with Crippen molar-refractivity contribution >= 4 is 0 Å². The Bertz CT molecular complexity index is 223. The molecule has 0 radical (unpaired) electrons. The van der Waals surface area contributed by atoms with Gasteiger partial charge in [-0.2, -0.15) is 0 Å². The van der Waals surface area contributed by atoms with Crippen LogP contribution < -0.4 is 5.73 Å². The fourth-order valence-corrected chi connectivity index (χ4v) is 1.64. The predicted octanol–water partition coefficient (Wildman–Crippen LogP) is 1.67. The van der Waals surface area contributed by atoms with Crippen molar-refractivity contribution in [3.05, 3.63) is 0 Å². The maximum atomic E-state index is 8.88. The van der Waals surface area contributed by atoms with Gasteiger partial charge in [0, 0.05) is 19.6 Å². The van der Waals surface area contributed by atoms with Crippen molar-refractivity contribution in [2.75, 3.05) is 33.0 Å². The summed E-state index contributed by atoms with van der Waals surface area (Å²) in [6.07, 6.45) is 2.11. The summed E-state index contributed by atoms with van der Waals surface area (Å²) in [4.78, 5) is 0. The lowest BCUT2D eigenvalue weighted by Gasteiger charge is -2.31. The van der Waals surface area contributed by atoms with Gasteiger partial charge in [0.25, 0.3) is 0 Å². The predicted molar refractivity (Wildman–Crippen MR) is 76.0 cm³/mol. The lowest BCUT2D eigenvalue weighted by molar-refractivity contribution is -0.0986. The molecule has 0 heterocycles. The van der Waals surface area contributed by atoms with Crippen LogP contribution in [0.4, 0.5) is 0 Å². The lowest BCUT2D eigenvalue weighted by Crippen LogP contribution is -2.42. The van der Waals surface area contributed by atoms with Crippen LogP contribution in [0.25, 0.3) is 0 Å². The van der Waals surface area contributed by atoms with E-state index in [0.717, 1.165) is 12.8 Å². The molecule has 0 amide bonds. The second-order valence-electron chi connectivity index (χ2n) is 5.23. The quantitative estimate of drug-likeness (QED) is 0.419. The van der Waals surface area contributed by atoms with Gasteiger partial charge in [-0.05, 0) is 33.6 Å². The minimum atomic E-state index is -0.769. The van der Waals surface area contributed by atoms with E-state index in [1.807, 2.05) is 6.92 Å². The summed E-state index contributed by atoms with van der Waals surface area (Å²) in [7, 11) is 0. The van der Waals surface area contributed by atoms with Gasteiger partial charge in [0.05, 0.1) is 25.4 Å². The minimum Gasteiger partial charge on any atom is -0.396 e. The van der Waals surface area contributed by atoms with E-state index < -0.39 is 5.72 Å². The number of nitrogens with two attached hydrogens (primary N) is 1. The average Bonchev–Trinajstić information content (AvgIpc) is 2.34. The van der Waals surface area contributed by atoms with E-state index in [1.165, 1.54) is 0 Å². The van der Waals surface area contributed by atoms with Crippen molar-refractivity contribution in [1.82, 2.24) is 0 Å². The highest BCUT2D eigenvalue weighted by atomic mass is 16.5. The van der Waals surface area contributed by atoms with E-state index >= 15 is 0 Å². The molecule has 0 aromatic heterocycles. The first kappa shape index (κ1) is 18.8. The summed E-state index contributed by atoms with van der Waals surface area (Å²) < 4.78 is 16.7. The maximum Gasteiger partial charge on any atom is 0.116 e. The SMILES string of the molecule is CCOCCOC(C)(CC)CCOC(C)(N)CCO. The molecule has 0 aromatic rings. The smallest absolute Gasteiger partial charge is 0.116 e. The van der Waals surface area contributed by atoms with Gasteiger partial charge in [-0.3, -0.25) is 0 Å². The molecular formula is C14H31NO4. The molecule has 0 saturated heterocycles. The second-order valence-corrected chi connectivity index (χ2v) is 5.23. The molecule has 0 spiro atoms. The Kier molecular flexibility index (Phi) is 9.56. The maximum absolute atomic E-state index is 8.88. The van der Waals surface area contributed by atoms with Crippen LogP contribution in [0.15, 0.2) is 0 Å². The summed E-state index contributed by atoms with van der Waals surface area (Å²) in [5.74, 6) is 0. The van der Waals surface area contributed by atoms with Crippen LogP contribution >= 0.6 is 0 Å². The highest BCUT2D eigenvalue weighted by Gasteiger charge is 2.25. The molecule has 5 heteroatoms. The molecule has 0 aliphatic carbocycles. The van der Waals surface area contributed by atoms with Crippen molar-refractivity contribution in [2.24, 2.45) is 5.73 Å². The third-order valence-corrected chi connectivity index (χ3v) is 3.30. The van der Waals surface area contributed by atoms with Gasteiger partial charge in [-0.1, -0.05) is 6.92 Å². The Labute approximate surface area is 117 Å². The summed E-state index contributed by atoms with van der Waals surface area (Å²) in [6.45, 7) is 10.4. The monoisotopic (exact) mass is 277 g/mol. The third kappa shape index (κ3) is 9.35. The number of rotatable bonds is 12. The second kappa shape index (κ2) is 9.66. The summed E-state index contributed by atoms with van der Waals surface area (Å²) in [5, 5.41) is 8.88. The number of ether oxygens (including phenoxy) is 3. The highest BCUT2D eigenvalue weighted by Crippen LogP contribution is 2.21. The van der Waals surface area contributed by atoms with Gasteiger partial charge in [-0.15, -0.1) is 0 Å². The third-order valence-electron chi connectivity index (χ3n) is 3.30. The van der Waals surface area contributed by atoms with E-state index in [2.05, 4.69) is 13.8 Å². The topological polar surface area (TPSA) is 73.9 Å². The minimum absolute atomic E-state index is 0.0307. The number of hydrogen-bond acceptors (Lipinski definition) is 5. The molecule has 0 fully saturated rings. The Morgan fingerprint density at radius 3 is 2.21 bits per heavy atom. The van der Waals surface area contributed by atoms with Crippen LogP contribution in [0.1, 0.15) is 47.0 Å². The molecule has 0 aliphatic heterocycles. The first-order chi connectivity index (χ1) is 8.89. The standard InChI is InChI=1S/C14H31NO4/c1-5-13(3,18-12-11-17-6-2)8-10-19-14(4,15)7-9-16/h16H,5-12,15H2,1-4H3. The fraction of sp³-hybridized carbons (Fsp3) is 1.00. The Balaban J connectivity index is 3.96. The Morgan fingerprint density at radius 1 is 1.00 bits per heavy atom. The molecule has 2 atom stereocenters. The number of hydrogen-bond donors (Lipinski definition) is 2. The van der Waals surface area contributed by atoms with E-state index in [0.29, 0.717) is 32.8 Å². The molecule has 0 aromatic carbocycles. The molecular weight excluding hydrogens is 246 g/mol. The van der Waals surface area contributed by atoms with Gasteiger partial charge in [-0.25, -0.2) is 0 Å². The normalized spacial score (nSPS) is 18.0. The lowest BCUT2D eigenvalue weighted by atomic mass is 9.99. The Hall–Kier alpha value is -0.200. The summed E-state index contributed by atoms with van der Waals surface area (Å²) in [5.41, 5.74) is 4.91. The van der Waals surface area contributed by atoms with Crippen LogP contribution in [-0.4, -0.2) is 49.5 Å². The fourth-order valence-electron chi connectivity index (χ4n) is 1.64. The van der Waals surface area contributed by atoms with Gasteiger partial charge < -0.3 is 25.1 Å². The van der Waals surface area contributed by atoms with Crippen LogP contribution in [0.5, 0.6) is 0 Å². The molecule has 5 nitrogen and oxygen atoms in total. The van der Waals surface area contributed by atoms with E-state index in [1.54, 1.807) is 6.92 Å². The zero-order valence-electron chi connectivity index (χ0n) is 12.9. The van der Waals surface area contributed by atoms with Crippen molar-refractivity contribution in [3.63, 3.8) is 0 Å². The summed E-state index contributed by atoms with van der Waals surface area (Å²) >= 11 is 0. The molecule has 2 unspecified atom stereocenters. The zero-order valence-corrected chi connectivity index (χ0v) is 12.9. The van der Waals surface area contributed by atoms with E-state index in [4.69, 9.17) is 25.1 Å². The molecule has 0 aliphatic rings. The van der Waals surface area contributed by atoms with E-state index in [-0.39, 0.29) is 12.2 Å². The molecule has 0 bridgehead atoms. The van der Waals surface area contributed by atoms with Crippen LogP contribution in [-0.2, 0) is 14.2 Å². The molecule has 3 N–H and O–H groups in total. The first-order valence-electron chi connectivity index (χ1n) is 7.14. The van der Waals surface area contributed by atoms with Crippen LogP contribution in [0, 0.1) is 0 Å². The highest BCUT2D eigenvalue weighted by molar-refractivity contribution is 4.74. The molecule has 19 heavy (non-hydrogen) atoms. The van der Waals surface area contributed by atoms with Gasteiger partial charge >= 0.3 is 0 Å². The molecule has 0 saturated carbocycles. The van der Waals surface area contributed by atoms with Crippen LogP contribution in [0.2, 0.25) is 0 Å². The summed E-state index contributed by atoms with van der Waals surface area (Å²) in [6, 6.07) is 0. The van der Waals surface area contributed by atoms with Crippen molar-refractivity contribution in [3.8, 4) is 0 Å². The number of aliphatic hydroxyl groups is 1. The molecule has 0 rings (SSSR count). The average molecular weight is 277 g/mol. The largest absolute Gasteiger partial charge is 0.396 e. The Morgan fingerprint density at radius 2 is 1.68 bits per heavy atom. The number of aliphatic hydroxyl groups excluding tert-OH is 1. The van der Waals surface area contributed by atoms with Crippen molar-refractivity contribution < 1.29 is 19.3 Å².